The number of anilines is 1. The molecule has 1 aliphatic rings. The van der Waals surface area contributed by atoms with Crippen molar-refractivity contribution in [1.82, 2.24) is 0 Å². The van der Waals surface area contributed by atoms with Crippen LogP contribution in [0.1, 0.15) is 42.2 Å². The van der Waals surface area contributed by atoms with Gasteiger partial charge in [0.2, 0.25) is 0 Å². The van der Waals surface area contributed by atoms with E-state index in [1.807, 2.05) is 48.5 Å². The Labute approximate surface area is 246 Å². The average Bonchev–Trinajstić information content (AvgIpc) is 2.98. The van der Waals surface area contributed by atoms with Gasteiger partial charge in [0.1, 0.15) is 23.6 Å². The van der Waals surface area contributed by atoms with Gasteiger partial charge < -0.3 is 19.5 Å². The third kappa shape index (κ3) is 6.41. The minimum atomic E-state index is -0.610. The molecular weight excluding hydrogens is 530 g/mol. The summed E-state index contributed by atoms with van der Waals surface area (Å²) in [4.78, 5) is 0. The van der Waals surface area contributed by atoms with Crippen molar-refractivity contribution in [3.05, 3.63) is 143 Å². The molecule has 6 rings (SSSR count). The van der Waals surface area contributed by atoms with Gasteiger partial charge in [-0.15, -0.1) is 0 Å². The molecule has 5 aromatic carbocycles. The lowest BCUT2D eigenvalue weighted by Gasteiger charge is -2.44. The zero-order chi connectivity index (χ0) is 28.2. The first kappa shape index (κ1) is 27.3. The molecule has 5 heteroatoms. The number of ether oxygens (including phenoxy) is 3. The van der Waals surface area contributed by atoms with Crippen LogP contribution < -0.4 is 10.1 Å². The molecule has 41 heavy (non-hydrogen) atoms. The summed E-state index contributed by atoms with van der Waals surface area (Å²) in [6.07, 6.45) is -0.671. The monoisotopic (exact) mass is 563 g/mol. The maximum Gasteiger partial charge on any atom is 0.132 e. The van der Waals surface area contributed by atoms with Crippen molar-refractivity contribution in [2.24, 2.45) is 0 Å². The topological polar surface area (TPSA) is 39.7 Å². The van der Waals surface area contributed by atoms with E-state index in [2.05, 4.69) is 85.9 Å². The van der Waals surface area contributed by atoms with Gasteiger partial charge in [0, 0.05) is 22.8 Å². The van der Waals surface area contributed by atoms with Crippen LogP contribution in [-0.2, 0) is 29.2 Å². The highest BCUT2D eigenvalue weighted by molar-refractivity contribution is 6.30. The molecule has 2 unspecified atom stereocenters. The van der Waals surface area contributed by atoms with E-state index in [-0.39, 0.29) is 12.2 Å². The van der Waals surface area contributed by atoms with E-state index < -0.39 is 5.60 Å². The molecule has 1 heterocycles. The molecule has 1 aliphatic heterocycles. The number of hydrogen-bond donors (Lipinski definition) is 1. The first-order chi connectivity index (χ1) is 19.9. The van der Waals surface area contributed by atoms with E-state index in [1.54, 1.807) is 0 Å². The Kier molecular flexibility index (Phi) is 7.97. The highest BCUT2D eigenvalue weighted by Gasteiger charge is 2.45. The third-order valence-electron chi connectivity index (χ3n) is 7.55. The van der Waals surface area contributed by atoms with Crippen molar-refractivity contribution in [3.63, 3.8) is 0 Å². The zero-order valence-electron chi connectivity index (χ0n) is 23.3. The van der Waals surface area contributed by atoms with E-state index in [9.17, 15) is 0 Å². The van der Waals surface area contributed by atoms with Crippen molar-refractivity contribution < 1.29 is 14.2 Å². The number of benzene rings is 5. The largest absolute Gasteiger partial charge is 0.485 e. The quantitative estimate of drug-likeness (QED) is 0.194. The Morgan fingerprint density at radius 1 is 0.707 bits per heavy atom. The van der Waals surface area contributed by atoms with Gasteiger partial charge in [0.05, 0.1) is 13.2 Å². The maximum absolute atomic E-state index is 6.69. The van der Waals surface area contributed by atoms with E-state index in [4.69, 9.17) is 25.8 Å². The Morgan fingerprint density at radius 3 is 2.29 bits per heavy atom. The number of fused-ring (bicyclic) bond motifs is 2. The summed E-state index contributed by atoms with van der Waals surface area (Å²) in [5.74, 6) is 0.812. The molecule has 0 spiro atoms. The highest BCUT2D eigenvalue weighted by atomic mass is 35.5. The lowest BCUT2D eigenvalue weighted by molar-refractivity contribution is -0.170. The van der Waals surface area contributed by atoms with E-state index >= 15 is 0 Å². The lowest BCUT2D eigenvalue weighted by Crippen LogP contribution is -2.50. The summed E-state index contributed by atoms with van der Waals surface area (Å²) >= 11 is 6.20. The summed E-state index contributed by atoms with van der Waals surface area (Å²) in [6.45, 7) is 5.73. The summed E-state index contributed by atoms with van der Waals surface area (Å²) in [7, 11) is 0. The van der Waals surface area contributed by atoms with Gasteiger partial charge in [-0.2, -0.15) is 0 Å². The molecule has 208 valence electrons. The molecular formula is C36H34ClNO3. The maximum atomic E-state index is 6.69. The van der Waals surface area contributed by atoms with Gasteiger partial charge in [-0.1, -0.05) is 90.5 Å². The van der Waals surface area contributed by atoms with Crippen LogP contribution in [0.3, 0.4) is 0 Å². The van der Waals surface area contributed by atoms with Crippen LogP contribution in [0.25, 0.3) is 10.8 Å². The summed E-state index contributed by atoms with van der Waals surface area (Å²) in [5, 5.41) is 6.68. The first-order valence-electron chi connectivity index (χ1n) is 14.0. The molecule has 2 atom stereocenters. The number of rotatable bonds is 9. The van der Waals surface area contributed by atoms with Gasteiger partial charge in [-0.3, -0.25) is 0 Å². The molecule has 0 saturated heterocycles. The van der Waals surface area contributed by atoms with Crippen molar-refractivity contribution in [2.45, 2.75) is 51.4 Å². The van der Waals surface area contributed by atoms with Crippen molar-refractivity contribution >= 4 is 28.1 Å². The predicted molar refractivity (Wildman–Crippen MR) is 166 cm³/mol. The fourth-order valence-electron chi connectivity index (χ4n) is 5.43. The van der Waals surface area contributed by atoms with Gasteiger partial charge in [0.25, 0.3) is 0 Å². The Morgan fingerprint density at radius 2 is 1.46 bits per heavy atom. The second kappa shape index (κ2) is 12.0. The Bertz CT molecular complexity index is 1640. The third-order valence-corrected chi connectivity index (χ3v) is 7.79. The molecule has 0 bridgehead atoms. The van der Waals surface area contributed by atoms with Crippen molar-refractivity contribution in [1.29, 1.82) is 0 Å². The van der Waals surface area contributed by atoms with Crippen LogP contribution in [-0.4, -0.2) is 11.7 Å². The van der Waals surface area contributed by atoms with Crippen LogP contribution in [0.15, 0.2) is 115 Å². The van der Waals surface area contributed by atoms with Crippen LogP contribution in [0.2, 0.25) is 5.02 Å². The van der Waals surface area contributed by atoms with Crippen molar-refractivity contribution in [3.8, 4) is 5.75 Å². The van der Waals surface area contributed by atoms with Gasteiger partial charge in [0.15, 0.2) is 0 Å². The van der Waals surface area contributed by atoms with Crippen molar-refractivity contribution in [2.75, 3.05) is 5.32 Å². The minimum absolute atomic E-state index is 0.331. The fraction of sp³-hybridized carbons (Fsp3) is 0.222. The molecule has 0 aromatic heterocycles. The zero-order valence-corrected chi connectivity index (χ0v) is 24.1. The second-order valence-corrected chi connectivity index (χ2v) is 11.5. The minimum Gasteiger partial charge on any atom is -0.485 e. The smallest absolute Gasteiger partial charge is 0.132 e. The number of hydrogen-bond acceptors (Lipinski definition) is 4. The number of nitrogens with one attached hydrogen (secondary N) is 1. The Balaban J connectivity index is 1.28. The molecule has 0 fully saturated rings. The summed E-state index contributed by atoms with van der Waals surface area (Å²) in [6, 6.07) is 39.2. The molecule has 5 aromatic rings. The lowest BCUT2D eigenvalue weighted by atomic mass is 9.87. The number of halogens is 1. The van der Waals surface area contributed by atoms with Gasteiger partial charge >= 0.3 is 0 Å². The van der Waals surface area contributed by atoms with Gasteiger partial charge in [-0.25, -0.2) is 0 Å². The fourth-order valence-corrected chi connectivity index (χ4v) is 5.65. The predicted octanol–water partition coefficient (Wildman–Crippen LogP) is 9.12. The standard InChI is InChI=1S/C36H34ClNO3/c1-36(2)35(40-24-27-15-16-28-12-6-7-13-29(28)19-27)34(39-23-25-9-4-3-5-10-25)32-21-31(17-18-33(32)41-36)38-22-26-11-8-14-30(37)20-26/h3-21,34-35,38H,22-24H2,1-2H3. The Hall–Kier alpha value is -3.83. The average molecular weight is 564 g/mol. The second-order valence-electron chi connectivity index (χ2n) is 11.1. The molecule has 0 radical (unpaired) electrons. The van der Waals surface area contributed by atoms with E-state index in [0.717, 1.165) is 38.7 Å². The summed E-state index contributed by atoms with van der Waals surface area (Å²) in [5.41, 5.74) is 4.68. The SMILES string of the molecule is CC1(C)Oc2ccc(NCc3cccc(Cl)c3)cc2C(OCc2ccccc2)C1OCc1ccc2ccccc2c1. The summed E-state index contributed by atoms with van der Waals surface area (Å²) < 4.78 is 19.9. The van der Waals surface area contributed by atoms with Crippen LogP contribution in [0, 0.1) is 0 Å². The highest BCUT2D eigenvalue weighted by Crippen LogP contribution is 2.45. The van der Waals surface area contributed by atoms with Crippen LogP contribution in [0.4, 0.5) is 5.69 Å². The van der Waals surface area contributed by atoms with Gasteiger partial charge in [-0.05, 0) is 77.7 Å². The molecule has 0 amide bonds. The molecule has 1 N–H and O–H groups in total. The van der Waals surface area contributed by atoms with Crippen LogP contribution in [0.5, 0.6) is 5.75 Å². The van der Waals surface area contributed by atoms with E-state index in [1.165, 1.54) is 10.8 Å². The molecule has 0 saturated carbocycles. The van der Waals surface area contributed by atoms with E-state index in [0.29, 0.717) is 19.8 Å². The first-order valence-corrected chi connectivity index (χ1v) is 14.4. The molecule has 0 aliphatic carbocycles. The normalized spacial score (nSPS) is 17.5. The van der Waals surface area contributed by atoms with Crippen LogP contribution >= 0.6 is 11.6 Å². The molecule has 4 nitrogen and oxygen atoms in total.